The van der Waals surface area contributed by atoms with Crippen molar-refractivity contribution in [2.24, 2.45) is 5.41 Å². The van der Waals surface area contributed by atoms with Gasteiger partial charge in [-0.3, -0.25) is 9.59 Å². The SMILES string of the molecule is CC(C)(C)CN1C(=O)C(CC(=O)NCc2ccccc2F)OC(c2cccc(O)c2)c2cc(Cl)ccc21. The lowest BCUT2D eigenvalue weighted by Gasteiger charge is -2.31. The molecule has 2 amide bonds. The molecule has 1 aliphatic heterocycles. The number of anilines is 1. The van der Waals surface area contributed by atoms with Gasteiger partial charge in [0.2, 0.25) is 5.91 Å². The number of carbonyl (C=O) groups excluding carboxylic acids is 2. The average Bonchev–Trinajstić information content (AvgIpc) is 2.93. The number of amides is 2. The number of hydrogen-bond donors (Lipinski definition) is 2. The van der Waals surface area contributed by atoms with E-state index in [4.69, 9.17) is 16.3 Å². The summed E-state index contributed by atoms with van der Waals surface area (Å²) in [6, 6.07) is 18.0. The molecule has 0 bridgehead atoms. The molecular formula is C29H30ClFN2O4. The monoisotopic (exact) mass is 524 g/mol. The number of nitrogens with one attached hydrogen (secondary N) is 1. The molecule has 3 aromatic carbocycles. The Kier molecular flexibility index (Phi) is 7.85. The van der Waals surface area contributed by atoms with Crippen molar-refractivity contribution >= 4 is 29.1 Å². The van der Waals surface area contributed by atoms with Crippen LogP contribution in [-0.4, -0.2) is 29.6 Å². The van der Waals surface area contributed by atoms with E-state index < -0.39 is 23.9 Å². The van der Waals surface area contributed by atoms with Gasteiger partial charge < -0.3 is 20.1 Å². The van der Waals surface area contributed by atoms with Gasteiger partial charge >= 0.3 is 0 Å². The van der Waals surface area contributed by atoms with Gasteiger partial charge in [-0.05, 0) is 47.4 Å². The van der Waals surface area contributed by atoms with Gasteiger partial charge in [0, 0.05) is 34.9 Å². The summed E-state index contributed by atoms with van der Waals surface area (Å²) in [5.74, 6) is -1.18. The standard InChI is InChI=1S/C29H30ClFN2O4/c1-29(2,3)17-33-24-12-11-20(30)14-22(24)27(18-8-6-9-21(34)13-18)37-25(28(33)36)15-26(35)32-16-19-7-4-5-10-23(19)31/h4-14,25,27,34H,15-17H2,1-3H3,(H,32,35). The Morgan fingerprint density at radius 3 is 2.57 bits per heavy atom. The quantitative estimate of drug-likeness (QED) is 0.430. The van der Waals surface area contributed by atoms with E-state index in [0.29, 0.717) is 33.9 Å². The molecule has 4 rings (SSSR count). The molecule has 0 spiro atoms. The molecule has 0 aliphatic carbocycles. The smallest absolute Gasteiger partial charge is 0.256 e. The molecule has 194 valence electrons. The topological polar surface area (TPSA) is 78.9 Å². The van der Waals surface area contributed by atoms with Crippen molar-refractivity contribution in [3.05, 3.63) is 94.3 Å². The molecular weight excluding hydrogens is 495 g/mol. The van der Waals surface area contributed by atoms with Crippen molar-refractivity contribution in [1.29, 1.82) is 0 Å². The first-order valence-electron chi connectivity index (χ1n) is 12.1. The lowest BCUT2D eigenvalue weighted by molar-refractivity contribution is -0.138. The van der Waals surface area contributed by atoms with Crippen molar-refractivity contribution in [3.8, 4) is 5.75 Å². The zero-order valence-corrected chi connectivity index (χ0v) is 21.8. The van der Waals surface area contributed by atoms with Gasteiger partial charge in [0.15, 0.2) is 0 Å². The molecule has 3 aromatic rings. The molecule has 8 heteroatoms. The maximum Gasteiger partial charge on any atom is 0.256 e. The number of nitrogens with zero attached hydrogens (tertiary/aromatic N) is 1. The summed E-state index contributed by atoms with van der Waals surface area (Å²) in [6.45, 7) is 6.42. The van der Waals surface area contributed by atoms with E-state index in [1.807, 2.05) is 20.8 Å². The molecule has 0 saturated heterocycles. The molecule has 1 heterocycles. The Labute approximate surface area is 221 Å². The Morgan fingerprint density at radius 1 is 1.11 bits per heavy atom. The molecule has 2 unspecified atom stereocenters. The second-order valence-electron chi connectivity index (χ2n) is 10.4. The lowest BCUT2D eigenvalue weighted by atomic mass is 9.94. The van der Waals surface area contributed by atoms with Crippen LogP contribution < -0.4 is 10.2 Å². The number of carbonyl (C=O) groups is 2. The number of ether oxygens (including phenoxy) is 1. The third kappa shape index (κ3) is 6.48. The minimum atomic E-state index is -1.12. The van der Waals surface area contributed by atoms with Gasteiger partial charge in [0.05, 0.1) is 6.42 Å². The largest absolute Gasteiger partial charge is 0.508 e. The van der Waals surface area contributed by atoms with Crippen LogP contribution >= 0.6 is 11.6 Å². The number of halogens is 2. The third-order valence-corrected chi connectivity index (χ3v) is 6.25. The minimum absolute atomic E-state index is 0.00998. The predicted molar refractivity (Wildman–Crippen MR) is 141 cm³/mol. The maximum absolute atomic E-state index is 14.0. The Bertz CT molecular complexity index is 1310. The number of hydrogen-bond acceptors (Lipinski definition) is 4. The minimum Gasteiger partial charge on any atom is -0.508 e. The number of phenolic OH excluding ortho intramolecular Hbond substituents is 1. The molecule has 0 aromatic heterocycles. The molecule has 1 aliphatic rings. The van der Waals surface area contributed by atoms with Crippen LogP contribution in [0.25, 0.3) is 0 Å². The third-order valence-electron chi connectivity index (χ3n) is 6.01. The first-order valence-corrected chi connectivity index (χ1v) is 12.4. The average molecular weight is 525 g/mol. The lowest BCUT2D eigenvalue weighted by Crippen LogP contribution is -2.45. The molecule has 2 atom stereocenters. The summed E-state index contributed by atoms with van der Waals surface area (Å²) in [5.41, 5.74) is 2.00. The second-order valence-corrected chi connectivity index (χ2v) is 10.8. The highest BCUT2D eigenvalue weighted by Crippen LogP contribution is 2.41. The van der Waals surface area contributed by atoms with Crippen molar-refractivity contribution in [3.63, 3.8) is 0 Å². The number of rotatable bonds is 6. The Morgan fingerprint density at radius 2 is 1.86 bits per heavy atom. The van der Waals surface area contributed by atoms with Gasteiger partial charge in [-0.1, -0.05) is 62.7 Å². The van der Waals surface area contributed by atoms with Crippen LogP contribution in [0.4, 0.5) is 10.1 Å². The summed E-state index contributed by atoms with van der Waals surface area (Å²) in [5, 5.41) is 13.3. The summed E-state index contributed by atoms with van der Waals surface area (Å²) in [4.78, 5) is 28.4. The molecule has 0 fully saturated rings. The van der Waals surface area contributed by atoms with Gasteiger partial charge in [-0.25, -0.2) is 4.39 Å². The van der Waals surface area contributed by atoms with Crippen molar-refractivity contribution in [1.82, 2.24) is 5.32 Å². The van der Waals surface area contributed by atoms with Gasteiger partial charge in [-0.2, -0.15) is 0 Å². The van der Waals surface area contributed by atoms with E-state index in [-0.39, 0.29) is 30.0 Å². The van der Waals surface area contributed by atoms with Gasteiger partial charge in [-0.15, -0.1) is 0 Å². The van der Waals surface area contributed by atoms with E-state index in [1.54, 1.807) is 65.6 Å². The summed E-state index contributed by atoms with van der Waals surface area (Å²) in [6.07, 6.45) is -2.15. The summed E-state index contributed by atoms with van der Waals surface area (Å²) in [7, 11) is 0. The van der Waals surface area contributed by atoms with Gasteiger partial charge in [0.1, 0.15) is 23.8 Å². The van der Waals surface area contributed by atoms with E-state index >= 15 is 0 Å². The zero-order valence-electron chi connectivity index (χ0n) is 21.0. The number of benzene rings is 3. The first-order chi connectivity index (χ1) is 17.5. The summed E-state index contributed by atoms with van der Waals surface area (Å²) < 4.78 is 20.4. The Balaban J connectivity index is 1.69. The first kappa shape index (κ1) is 26.6. The fourth-order valence-electron chi connectivity index (χ4n) is 4.36. The second kappa shape index (κ2) is 10.9. The normalized spacial score (nSPS) is 17.8. The van der Waals surface area contributed by atoms with Crippen LogP contribution in [0.2, 0.25) is 5.02 Å². The van der Waals surface area contributed by atoms with Crippen LogP contribution in [-0.2, 0) is 20.9 Å². The molecule has 2 N–H and O–H groups in total. The van der Waals surface area contributed by atoms with Crippen LogP contribution in [0, 0.1) is 11.2 Å². The van der Waals surface area contributed by atoms with Crippen LogP contribution in [0.1, 0.15) is 50.0 Å². The molecule has 0 saturated carbocycles. The van der Waals surface area contributed by atoms with Crippen LogP contribution in [0.15, 0.2) is 66.7 Å². The predicted octanol–water partition coefficient (Wildman–Crippen LogP) is 5.76. The van der Waals surface area contributed by atoms with Crippen molar-refractivity contribution in [2.45, 2.75) is 45.9 Å². The van der Waals surface area contributed by atoms with Gasteiger partial charge in [0.25, 0.3) is 5.91 Å². The Hall–Kier alpha value is -3.42. The number of fused-ring (bicyclic) bond motifs is 1. The van der Waals surface area contributed by atoms with E-state index in [2.05, 4.69) is 5.32 Å². The maximum atomic E-state index is 14.0. The van der Waals surface area contributed by atoms with Crippen molar-refractivity contribution in [2.75, 3.05) is 11.4 Å². The molecule has 0 radical (unpaired) electrons. The molecule has 37 heavy (non-hydrogen) atoms. The van der Waals surface area contributed by atoms with Crippen LogP contribution in [0.3, 0.4) is 0 Å². The fourth-order valence-corrected chi connectivity index (χ4v) is 4.55. The highest BCUT2D eigenvalue weighted by Gasteiger charge is 2.39. The fraction of sp³-hybridized carbons (Fsp3) is 0.310. The van der Waals surface area contributed by atoms with E-state index in [0.717, 1.165) is 0 Å². The van der Waals surface area contributed by atoms with E-state index in [9.17, 15) is 19.1 Å². The van der Waals surface area contributed by atoms with Crippen LogP contribution in [0.5, 0.6) is 5.75 Å². The van der Waals surface area contributed by atoms with E-state index in [1.165, 1.54) is 6.07 Å². The summed E-state index contributed by atoms with van der Waals surface area (Å²) >= 11 is 6.36. The zero-order chi connectivity index (χ0) is 26.7. The molecule has 6 nitrogen and oxygen atoms in total. The highest BCUT2D eigenvalue weighted by molar-refractivity contribution is 6.30. The number of aromatic hydroxyl groups is 1. The number of phenols is 1. The van der Waals surface area contributed by atoms with Crippen molar-refractivity contribution < 1.29 is 23.8 Å². The highest BCUT2D eigenvalue weighted by atomic mass is 35.5.